The van der Waals surface area contributed by atoms with Crippen LogP contribution in [0, 0.1) is 6.42 Å². The number of pyridine rings is 1. The molecule has 14 heavy (non-hydrogen) atoms. The van der Waals surface area contributed by atoms with Crippen molar-refractivity contribution in [3.05, 3.63) is 47.7 Å². The molecule has 0 amide bonds. The third-order valence-corrected chi connectivity index (χ3v) is 2.09. The van der Waals surface area contributed by atoms with Gasteiger partial charge in [0.25, 0.3) is 0 Å². The Bertz CT molecular complexity index is 419. The van der Waals surface area contributed by atoms with E-state index in [0.717, 1.165) is 11.4 Å². The summed E-state index contributed by atoms with van der Waals surface area (Å²) in [6, 6.07) is 3.89. The van der Waals surface area contributed by atoms with Gasteiger partial charge in [0.15, 0.2) is 5.82 Å². The number of hydrogen-bond acceptors (Lipinski definition) is 2. The van der Waals surface area contributed by atoms with Crippen LogP contribution < -0.4 is 0 Å². The van der Waals surface area contributed by atoms with Gasteiger partial charge in [0.05, 0.1) is 17.4 Å². The average molecular weight is 207 g/mol. The van der Waals surface area contributed by atoms with E-state index in [2.05, 4.69) is 10.1 Å². The van der Waals surface area contributed by atoms with Crippen LogP contribution in [0.25, 0.3) is 5.82 Å². The first-order chi connectivity index (χ1) is 6.79. The van der Waals surface area contributed by atoms with Crippen LogP contribution in [-0.2, 0) is 0 Å². The van der Waals surface area contributed by atoms with Gasteiger partial charge < -0.3 is 0 Å². The molecule has 0 atom stereocenters. The second-order valence-electron chi connectivity index (χ2n) is 2.84. The molecule has 71 valence electrons. The van der Waals surface area contributed by atoms with Crippen molar-refractivity contribution in [1.29, 1.82) is 0 Å². The van der Waals surface area contributed by atoms with Gasteiger partial charge in [-0.1, -0.05) is 24.6 Å². The molecule has 2 aromatic rings. The number of hydrogen-bond donors (Lipinski definition) is 0. The van der Waals surface area contributed by atoms with Crippen LogP contribution in [0.3, 0.4) is 0 Å². The van der Waals surface area contributed by atoms with Gasteiger partial charge in [0, 0.05) is 6.20 Å². The third kappa shape index (κ3) is 1.77. The lowest BCUT2D eigenvalue weighted by molar-refractivity contribution is 0.846. The molecule has 2 rings (SSSR count). The Morgan fingerprint density at radius 1 is 1.36 bits per heavy atom. The first-order valence-corrected chi connectivity index (χ1v) is 4.63. The molecular formula is C10H9ClN3. The van der Waals surface area contributed by atoms with E-state index in [1.165, 1.54) is 0 Å². The predicted molar refractivity (Wildman–Crippen MR) is 55.4 cm³/mol. The highest BCUT2D eigenvalue weighted by Crippen LogP contribution is 2.10. The molecule has 2 aromatic heterocycles. The van der Waals surface area contributed by atoms with E-state index in [9.17, 15) is 0 Å². The third-order valence-electron chi connectivity index (χ3n) is 1.89. The number of halogens is 1. The molecule has 0 aliphatic heterocycles. The maximum absolute atomic E-state index is 5.75. The van der Waals surface area contributed by atoms with E-state index in [1.54, 1.807) is 23.3 Å². The van der Waals surface area contributed by atoms with Gasteiger partial charge in [-0.3, -0.25) is 0 Å². The van der Waals surface area contributed by atoms with Crippen LogP contribution >= 0.6 is 11.6 Å². The van der Waals surface area contributed by atoms with E-state index in [0.29, 0.717) is 5.02 Å². The lowest BCUT2D eigenvalue weighted by Gasteiger charge is -2.00. The minimum Gasteiger partial charge on any atom is -0.237 e. The van der Waals surface area contributed by atoms with E-state index < -0.39 is 0 Å². The number of rotatable bonds is 2. The van der Waals surface area contributed by atoms with Crippen molar-refractivity contribution in [3.8, 4) is 5.82 Å². The summed E-state index contributed by atoms with van der Waals surface area (Å²) in [6.07, 6.45) is 7.10. The standard InChI is InChI=1S/C10H9ClN3/c1-2-8-3-4-10(12-5-8)14-7-9(11)6-13-14/h2-7H,1H3. The van der Waals surface area contributed by atoms with Gasteiger partial charge in [-0.2, -0.15) is 5.10 Å². The van der Waals surface area contributed by atoms with Gasteiger partial charge in [-0.25, -0.2) is 9.67 Å². The van der Waals surface area contributed by atoms with E-state index in [4.69, 9.17) is 11.6 Å². The largest absolute Gasteiger partial charge is 0.237 e. The summed E-state index contributed by atoms with van der Waals surface area (Å²) in [5, 5.41) is 4.66. The lowest BCUT2D eigenvalue weighted by atomic mass is 10.2. The Morgan fingerprint density at radius 3 is 2.71 bits per heavy atom. The summed E-state index contributed by atoms with van der Waals surface area (Å²) in [7, 11) is 0. The van der Waals surface area contributed by atoms with Crippen molar-refractivity contribution in [1.82, 2.24) is 14.8 Å². The van der Waals surface area contributed by atoms with E-state index >= 15 is 0 Å². The molecule has 3 nitrogen and oxygen atoms in total. The molecule has 1 radical (unpaired) electrons. The molecule has 0 aliphatic carbocycles. The molecule has 4 heteroatoms. The molecule has 0 saturated carbocycles. The Kier molecular flexibility index (Phi) is 2.50. The molecule has 2 heterocycles. The van der Waals surface area contributed by atoms with Crippen LogP contribution in [-0.4, -0.2) is 14.8 Å². The van der Waals surface area contributed by atoms with Crippen molar-refractivity contribution in [2.24, 2.45) is 0 Å². The fraction of sp³-hybridized carbons (Fsp3) is 0.100. The van der Waals surface area contributed by atoms with Gasteiger partial charge in [-0.05, 0) is 18.1 Å². The summed E-state index contributed by atoms with van der Waals surface area (Å²) in [5.74, 6) is 0.766. The van der Waals surface area contributed by atoms with Gasteiger partial charge in [0.2, 0.25) is 0 Å². The summed E-state index contributed by atoms with van der Waals surface area (Å²) in [5.41, 5.74) is 1.09. The zero-order chi connectivity index (χ0) is 9.97. The molecule has 0 bridgehead atoms. The molecule has 0 fully saturated rings. The van der Waals surface area contributed by atoms with Gasteiger partial charge in [0.1, 0.15) is 0 Å². The van der Waals surface area contributed by atoms with Crippen LogP contribution in [0.1, 0.15) is 12.5 Å². The van der Waals surface area contributed by atoms with Gasteiger partial charge >= 0.3 is 0 Å². The molecule has 0 unspecified atom stereocenters. The summed E-state index contributed by atoms with van der Waals surface area (Å²) < 4.78 is 1.64. The van der Waals surface area contributed by atoms with Crippen molar-refractivity contribution >= 4 is 11.6 Å². The highest BCUT2D eigenvalue weighted by Gasteiger charge is 1.99. The van der Waals surface area contributed by atoms with Crippen molar-refractivity contribution in [2.75, 3.05) is 0 Å². The Morgan fingerprint density at radius 2 is 2.21 bits per heavy atom. The summed E-state index contributed by atoms with van der Waals surface area (Å²) >= 11 is 5.75. The molecule has 0 aliphatic rings. The topological polar surface area (TPSA) is 30.7 Å². The van der Waals surface area contributed by atoms with Crippen molar-refractivity contribution in [2.45, 2.75) is 6.92 Å². The monoisotopic (exact) mass is 206 g/mol. The van der Waals surface area contributed by atoms with Gasteiger partial charge in [-0.15, -0.1) is 0 Å². The van der Waals surface area contributed by atoms with E-state index in [-0.39, 0.29) is 0 Å². The maximum Gasteiger partial charge on any atom is 0.153 e. The minimum absolute atomic E-state index is 0.609. The molecule has 0 aromatic carbocycles. The lowest BCUT2D eigenvalue weighted by Crippen LogP contribution is -1.97. The molecular weight excluding hydrogens is 198 g/mol. The quantitative estimate of drug-likeness (QED) is 0.756. The smallest absolute Gasteiger partial charge is 0.153 e. The molecule has 0 saturated heterocycles. The highest BCUT2D eigenvalue weighted by atomic mass is 35.5. The number of aromatic nitrogens is 3. The van der Waals surface area contributed by atoms with Crippen molar-refractivity contribution < 1.29 is 0 Å². The minimum atomic E-state index is 0.609. The highest BCUT2D eigenvalue weighted by molar-refractivity contribution is 6.30. The summed E-state index contributed by atoms with van der Waals surface area (Å²) in [4.78, 5) is 4.24. The molecule has 0 spiro atoms. The van der Waals surface area contributed by atoms with Crippen molar-refractivity contribution in [3.63, 3.8) is 0 Å². The van der Waals surface area contributed by atoms with Crippen LogP contribution in [0.4, 0.5) is 0 Å². The first kappa shape index (κ1) is 9.21. The Balaban J connectivity index is 2.33. The average Bonchev–Trinajstić information content (AvgIpc) is 2.65. The summed E-state index contributed by atoms with van der Waals surface area (Å²) in [6.45, 7) is 1.97. The number of nitrogens with zero attached hydrogens (tertiary/aromatic N) is 3. The normalized spacial score (nSPS) is 10.4. The SMILES string of the molecule is C[CH]c1ccc(-n2cc(Cl)cn2)nc1. The fourth-order valence-corrected chi connectivity index (χ4v) is 1.27. The Labute approximate surface area is 87.3 Å². The van der Waals surface area contributed by atoms with Crippen LogP contribution in [0.2, 0.25) is 5.02 Å². The first-order valence-electron chi connectivity index (χ1n) is 4.25. The molecule has 0 N–H and O–H groups in total. The fourth-order valence-electron chi connectivity index (χ4n) is 1.13. The second-order valence-corrected chi connectivity index (χ2v) is 3.28. The Hall–Kier alpha value is -1.35. The zero-order valence-corrected chi connectivity index (χ0v) is 8.44. The zero-order valence-electron chi connectivity index (χ0n) is 7.68. The van der Waals surface area contributed by atoms with Crippen LogP contribution in [0.5, 0.6) is 0 Å². The van der Waals surface area contributed by atoms with Crippen LogP contribution in [0.15, 0.2) is 30.7 Å². The maximum atomic E-state index is 5.75. The van der Waals surface area contributed by atoms with E-state index in [1.807, 2.05) is 25.5 Å². The predicted octanol–water partition coefficient (Wildman–Crippen LogP) is 2.49. The second kappa shape index (κ2) is 3.80.